The second-order valence-electron chi connectivity index (χ2n) is 3.16. The van der Waals surface area contributed by atoms with E-state index in [1.807, 2.05) is 6.92 Å². The van der Waals surface area contributed by atoms with E-state index >= 15 is 0 Å². The maximum atomic E-state index is 9.02. The molecule has 0 aromatic rings. The lowest BCUT2D eigenvalue weighted by Crippen LogP contribution is -2.33. The van der Waals surface area contributed by atoms with Crippen molar-refractivity contribution in [3.8, 4) is 0 Å². The molecule has 0 aromatic heterocycles. The lowest BCUT2D eigenvalue weighted by molar-refractivity contribution is -0.0875. The van der Waals surface area contributed by atoms with Gasteiger partial charge >= 0.3 is 0 Å². The molecular weight excluding hydrogens is 144 g/mol. The minimum atomic E-state index is -0.354. The van der Waals surface area contributed by atoms with E-state index in [0.717, 1.165) is 19.3 Å². The molecule has 11 heavy (non-hydrogen) atoms. The molecular formula is C8H16O3. The molecule has 1 heterocycles. The van der Waals surface area contributed by atoms with E-state index in [4.69, 9.17) is 14.9 Å². The first-order valence-corrected chi connectivity index (χ1v) is 4.16. The van der Waals surface area contributed by atoms with E-state index in [1.165, 1.54) is 0 Å². The highest BCUT2D eigenvalue weighted by molar-refractivity contribution is 4.86. The second kappa shape index (κ2) is 3.52. The van der Waals surface area contributed by atoms with Crippen LogP contribution in [-0.4, -0.2) is 35.1 Å². The van der Waals surface area contributed by atoms with Crippen LogP contribution >= 0.6 is 0 Å². The third-order valence-electron chi connectivity index (χ3n) is 2.47. The zero-order valence-electron chi connectivity index (χ0n) is 6.92. The average Bonchev–Trinajstić information content (AvgIpc) is 2.49. The third kappa shape index (κ3) is 1.72. The molecule has 0 radical (unpaired) electrons. The third-order valence-corrected chi connectivity index (χ3v) is 2.47. The molecule has 2 atom stereocenters. The lowest BCUT2D eigenvalue weighted by atomic mass is 9.98. The Morgan fingerprint density at radius 2 is 2.27 bits per heavy atom. The van der Waals surface area contributed by atoms with Gasteiger partial charge in [0.1, 0.15) is 0 Å². The first-order chi connectivity index (χ1) is 5.26. The van der Waals surface area contributed by atoms with Crippen LogP contribution in [0.2, 0.25) is 0 Å². The standard InChI is InChI=1S/C8H16O3/c1-2-8(6-10)4-3-7(5-9)11-8/h7,9-10H,2-6H2,1H3. The molecule has 0 saturated carbocycles. The van der Waals surface area contributed by atoms with Gasteiger partial charge in [0.15, 0.2) is 0 Å². The summed E-state index contributed by atoms with van der Waals surface area (Å²) >= 11 is 0. The molecule has 1 saturated heterocycles. The molecule has 1 rings (SSSR count). The smallest absolute Gasteiger partial charge is 0.0915 e. The molecule has 2 unspecified atom stereocenters. The Balaban J connectivity index is 2.48. The largest absolute Gasteiger partial charge is 0.394 e. The maximum Gasteiger partial charge on any atom is 0.0915 e. The van der Waals surface area contributed by atoms with Crippen LogP contribution in [0.5, 0.6) is 0 Å². The van der Waals surface area contributed by atoms with Crippen LogP contribution in [0.3, 0.4) is 0 Å². The van der Waals surface area contributed by atoms with E-state index in [2.05, 4.69) is 0 Å². The molecule has 0 bridgehead atoms. The van der Waals surface area contributed by atoms with Gasteiger partial charge in [0.2, 0.25) is 0 Å². The Morgan fingerprint density at radius 3 is 2.55 bits per heavy atom. The zero-order chi connectivity index (χ0) is 8.32. The summed E-state index contributed by atoms with van der Waals surface area (Å²) in [6.07, 6.45) is 2.50. The number of hydrogen-bond donors (Lipinski definition) is 2. The monoisotopic (exact) mass is 160 g/mol. The fourth-order valence-corrected chi connectivity index (χ4v) is 1.51. The molecule has 3 nitrogen and oxygen atoms in total. The quantitative estimate of drug-likeness (QED) is 0.624. The normalized spacial score (nSPS) is 37.9. The van der Waals surface area contributed by atoms with Crippen LogP contribution in [-0.2, 0) is 4.74 Å². The predicted molar refractivity (Wildman–Crippen MR) is 41.3 cm³/mol. The first-order valence-electron chi connectivity index (χ1n) is 4.16. The van der Waals surface area contributed by atoms with Crippen LogP contribution in [0.25, 0.3) is 0 Å². The molecule has 0 aromatic carbocycles. The van der Waals surface area contributed by atoms with Gasteiger partial charge in [0.25, 0.3) is 0 Å². The summed E-state index contributed by atoms with van der Waals surface area (Å²) < 4.78 is 5.50. The highest BCUT2D eigenvalue weighted by Crippen LogP contribution is 2.32. The van der Waals surface area contributed by atoms with Gasteiger partial charge in [-0.2, -0.15) is 0 Å². The summed E-state index contributed by atoms with van der Waals surface area (Å²) in [5.74, 6) is 0. The molecule has 66 valence electrons. The number of hydrogen-bond acceptors (Lipinski definition) is 3. The maximum absolute atomic E-state index is 9.02. The molecule has 1 fully saturated rings. The molecule has 1 aliphatic rings. The van der Waals surface area contributed by atoms with Crippen molar-refractivity contribution < 1.29 is 14.9 Å². The Morgan fingerprint density at radius 1 is 1.55 bits per heavy atom. The van der Waals surface area contributed by atoms with Crippen LogP contribution < -0.4 is 0 Å². The van der Waals surface area contributed by atoms with Gasteiger partial charge < -0.3 is 14.9 Å². The lowest BCUT2D eigenvalue weighted by Gasteiger charge is -2.25. The van der Waals surface area contributed by atoms with Crippen molar-refractivity contribution in [2.45, 2.75) is 37.9 Å². The van der Waals surface area contributed by atoms with E-state index in [9.17, 15) is 0 Å². The summed E-state index contributed by atoms with van der Waals surface area (Å²) in [4.78, 5) is 0. The van der Waals surface area contributed by atoms with Gasteiger partial charge in [-0.25, -0.2) is 0 Å². The van der Waals surface area contributed by atoms with Crippen molar-refractivity contribution in [1.29, 1.82) is 0 Å². The molecule has 3 heteroatoms. The SMILES string of the molecule is CCC1(CO)CCC(CO)O1. The second-order valence-corrected chi connectivity index (χ2v) is 3.16. The fraction of sp³-hybridized carbons (Fsp3) is 1.00. The van der Waals surface area contributed by atoms with Crippen molar-refractivity contribution in [2.24, 2.45) is 0 Å². The minimum absolute atomic E-state index is 0.0536. The van der Waals surface area contributed by atoms with Crippen LogP contribution in [0.15, 0.2) is 0 Å². The molecule has 0 aliphatic carbocycles. The summed E-state index contributed by atoms with van der Waals surface area (Å²) in [6, 6.07) is 0. The Kier molecular flexibility index (Phi) is 2.87. The summed E-state index contributed by atoms with van der Waals surface area (Å²) in [6.45, 7) is 2.14. The molecule has 0 spiro atoms. The van der Waals surface area contributed by atoms with Gasteiger partial charge in [-0.05, 0) is 19.3 Å². The van der Waals surface area contributed by atoms with Crippen LogP contribution in [0.1, 0.15) is 26.2 Å². The molecule has 1 aliphatic heterocycles. The minimum Gasteiger partial charge on any atom is -0.394 e. The van der Waals surface area contributed by atoms with Crippen molar-refractivity contribution in [3.63, 3.8) is 0 Å². The van der Waals surface area contributed by atoms with Gasteiger partial charge in [-0.3, -0.25) is 0 Å². The van der Waals surface area contributed by atoms with E-state index in [-0.39, 0.29) is 24.9 Å². The van der Waals surface area contributed by atoms with Gasteiger partial charge in [-0.15, -0.1) is 0 Å². The predicted octanol–water partition coefficient (Wildman–Crippen LogP) is 0.299. The van der Waals surface area contributed by atoms with Gasteiger partial charge in [0, 0.05) is 0 Å². The average molecular weight is 160 g/mol. The number of rotatable bonds is 3. The van der Waals surface area contributed by atoms with E-state index in [1.54, 1.807) is 0 Å². The number of aliphatic hydroxyl groups excluding tert-OH is 2. The Hall–Kier alpha value is -0.120. The zero-order valence-corrected chi connectivity index (χ0v) is 6.92. The van der Waals surface area contributed by atoms with Crippen molar-refractivity contribution >= 4 is 0 Å². The summed E-state index contributed by atoms with van der Waals surface area (Å²) in [5.41, 5.74) is -0.354. The highest BCUT2D eigenvalue weighted by atomic mass is 16.5. The van der Waals surface area contributed by atoms with Crippen molar-refractivity contribution in [3.05, 3.63) is 0 Å². The Labute approximate surface area is 67.0 Å². The first kappa shape index (κ1) is 8.97. The van der Waals surface area contributed by atoms with E-state index in [0.29, 0.717) is 0 Å². The fourth-order valence-electron chi connectivity index (χ4n) is 1.51. The summed E-state index contributed by atoms with van der Waals surface area (Å²) in [7, 11) is 0. The van der Waals surface area contributed by atoms with Crippen molar-refractivity contribution in [2.75, 3.05) is 13.2 Å². The van der Waals surface area contributed by atoms with Crippen LogP contribution in [0, 0.1) is 0 Å². The van der Waals surface area contributed by atoms with Crippen molar-refractivity contribution in [1.82, 2.24) is 0 Å². The molecule has 2 N–H and O–H groups in total. The Bertz CT molecular complexity index is 121. The van der Waals surface area contributed by atoms with Crippen LogP contribution in [0.4, 0.5) is 0 Å². The number of ether oxygens (including phenoxy) is 1. The summed E-state index contributed by atoms with van der Waals surface area (Å²) in [5, 5.41) is 17.8. The number of aliphatic hydroxyl groups is 2. The van der Waals surface area contributed by atoms with E-state index < -0.39 is 0 Å². The van der Waals surface area contributed by atoms with Gasteiger partial charge in [-0.1, -0.05) is 6.92 Å². The molecule has 0 amide bonds. The topological polar surface area (TPSA) is 49.7 Å². The highest BCUT2D eigenvalue weighted by Gasteiger charge is 2.37. The van der Waals surface area contributed by atoms with Gasteiger partial charge in [0.05, 0.1) is 24.9 Å².